The van der Waals surface area contributed by atoms with Crippen LogP contribution < -0.4 is 9.47 Å². The van der Waals surface area contributed by atoms with Crippen LogP contribution in [0.2, 0.25) is 10.0 Å². The molecule has 2 amide bonds. The van der Waals surface area contributed by atoms with Gasteiger partial charge in [0, 0.05) is 10.0 Å². The predicted octanol–water partition coefficient (Wildman–Crippen LogP) is 6.27. The first kappa shape index (κ1) is 22.5. The van der Waals surface area contributed by atoms with E-state index in [1.165, 1.54) is 4.90 Å². The highest BCUT2D eigenvalue weighted by Gasteiger charge is 2.35. The van der Waals surface area contributed by atoms with Crippen molar-refractivity contribution in [3.05, 3.63) is 62.5 Å². The SMILES string of the molecule is COc1cc(/C=C2\SC(=O)N(Cc3ccc(Cl)cc3Cl)C2=O)ccc1OCC(C)C. The number of ether oxygens (including phenoxy) is 2. The van der Waals surface area contributed by atoms with Gasteiger partial charge in [0.2, 0.25) is 0 Å². The lowest BCUT2D eigenvalue weighted by Gasteiger charge is -2.14. The highest BCUT2D eigenvalue weighted by atomic mass is 35.5. The molecular weight excluding hydrogens is 445 g/mol. The van der Waals surface area contributed by atoms with Gasteiger partial charge >= 0.3 is 0 Å². The van der Waals surface area contributed by atoms with Crippen molar-refractivity contribution in [2.45, 2.75) is 20.4 Å². The highest BCUT2D eigenvalue weighted by molar-refractivity contribution is 8.18. The number of nitrogens with zero attached hydrogens (tertiary/aromatic N) is 1. The molecule has 1 aliphatic heterocycles. The van der Waals surface area contributed by atoms with Crippen molar-refractivity contribution in [3.63, 3.8) is 0 Å². The normalized spacial score (nSPS) is 15.4. The fourth-order valence-electron chi connectivity index (χ4n) is 2.76. The summed E-state index contributed by atoms with van der Waals surface area (Å²) in [6.45, 7) is 4.79. The van der Waals surface area contributed by atoms with Gasteiger partial charge in [-0.25, -0.2) is 0 Å². The van der Waals surface area contributed by atoms with Crippen LogP contribution in [0.1, 0.15) is 25.0 Å². The first-order chi connectivity index (χ1) is 14.3. The smallest absolute Gasteiger partial charge is 0.293 e. The molecule has 2 aromatic rings. The van der Waals surface area contributed by atoms with Gasteiger partial charge in [-0.3, -0.25) is 14.5 Å². The second kappa shape index (κ2) is 9.77. The van der Waals surface area contributed by atoms with E-state index in [4.69, 9.17) is 32.7 Å². The topological polar surface area (TPSA) is 55.8 Å². The maximum atomic E-state index is 12.8. The fourth-order valence-corrected chi connectivity index (χ4v) is 4.06. The maximum Gasteiger partial charge on any atom is 0.293 e. The first-order valence-electron chi connectivity index (χ1n) is 9.28. The van der Waals surface area contributed by atoms with E-state index in [9.17, 15) is 9.59 Å². The first-order valence-corrected chi connectivity index (χ1v) is 10.9. The van der Waals surface area contributed by atoms with Crippen LogP contribution in [0, 0.1) is 5.92 Å². The average Bonchev–Trinajstić information content (AvgIpc) is 2.96. The Bertz CT molecular complexity index is 1010. The van der Waals surface area contributed by atoms with Crippen LogP contribution in [0.4, 0.5) is 4.79 Å². The molecule has 1 heterocycles. The number of halogens is 2. The molecule has 0 atom stereocenters. The molecule has 30 heavy (non-hydrogen) atoms. The number of thioether (sulfide) groups is 1. The molecule has 2 aromatic carbocycles. The molecule has 0 aromatic heterocycles. The number of hydrogen-bond donors (Lipinski definition) is 0. The zero-order valence-corrected chi connectivity index (χ0v) is 19.1. The van der Waals surface area contributed by atoms with Gasteiger partial charge in [-0.1, -0.05) is 49.2 Å². The van der Waals surface area contributed by atoms with Gasteiger partial charge in [0.25, 0.3) is 11.1 Å². The molecule has 0 bridgehead atoms. The standard InChI is InChI=1S/C22H21Cl2NO4S/c1-13(2)12-29-18-7-4-14(8-19(18)28-3)9-20-21(26)25(22(27)30-20)11-15-5-6-16(23)10-17(15)24/h4-10,13H,11-12H2,1-3H3/b20-9-. The van der Waals surface area contributed by atoms with Crippen molar-refractivity contribution in [2.75, 3.05) is 13.7 Å². The van der Waals surface area contributed by atoms with E-state index in [0.717, 1.165) is 17.3 Å². The minimum absolute atomic E-state index is 0.0866. The van der Waals surface area contributed by atoms with E-state index in [1.807, 2.05) is 6.07 Å². The molecule has 0 unspecified atom stereocenters. The number of rotatable bonds is 7. The third kappa shape index (κ3) is 5.31. The number of hydrogen-bond acceptors (Lipinski definition) is 5. The Labute approximate surface area is 189 Å². The van der Waals surface area contributed by atoms with Crippen molar-refractivity contribution in [1.29, 1.82) is 0 Å². The molecule has 3 rings (SSSR count). The van der Waals surface area contributed by atoms with Crippen LogP contribution in [-0.4, -0.2) is 29.8 Å². The van der Waals surface area contributed by atoms with Gasteiger partial charge in [-0.05, 0) is 59.1 Å². The molecular formula is C22H21Cl2NO4S. The van der Waals surface area contributed by atoms with Crippen LogP contribution >= 0.6 is 35.0 Å². The summed E-state index contributed by atoms with van der Waals surface area (Å²) in [5, 5.41) is 0.556. The van der Waals surface area contributed by atoms with Crippen molar-refractivity contribution in [3.8, 4) is 11.5 Å². The molecule has 8 heteroatoms. The van der Waals surface area contributed by atoms with E-state index in [2.05, 4.69) is 13.8 Å². The van der Waals surface area contributed by atoms with Gasteiger partial charge in [-0.15, -0.1) is 0 Å². The van der Waals surface area contributed by atoms with Crippen molar-refractivity contribution in [2.24, 2.45) is 5.92 Å². The third-order valence-corrected chi connectivity index (χ3v) is 5.77. The molecule has 0 spiro atoms. The van der Waals surface area contributed by atoms with Crippen LogP contribution in [-0.2, 0) is 11.3 Å². The zero-order valence-electron chi connectivity index (χ0n) is 16.8. The third-order valence-electron chi connectivity index (χ3n) is 4.27. The summed E-state index contributed by atoms with van der Waals surface area (Å²) in [6.07, 6.45) is 1.67. The molecule has 0 saturated carbocycles. The number of imide groups is 1. The summed E-state index contributed by atoms with van der Waals surface area (Å²) in [7, 11) is 1.56. The van der Waals surface area contributed by atoms with Gasteiger partial charge in [0.05, 0.1) is 25.2 Å². The highest BCUT2D eigenvalue weighted by Crippen LogP contribution is 2.36. The Hall–Kier alpha value is -2.15. The Morgan fingerprint density at radius 3 is 2.53 bits per heavy atom. The summed E-state index contributed by atoms with van der Waals surface area (Å²) in [6, 6.07) is 10.4. The Kier molecular flexibility index (Phi) is 7.34. The fraction of sp³-hybridized carbons (Fsp3) is 0.273. The van der Waals surface area contributed by atoms with E-state index in [-0.39, 0.29) is 17.7 Å². The number of carbonyl (C=O) groups excluding carboxylic acids is 2. The van der Waals surface area contributed by atoms with Gasteiger partial charge in [0.1, 0.15) is 0 Å². The molecule has 0 N–H and O–H groups in total. The van der Waals surface area contributed by atoms with Gasteiger partial charge < -0.3 is 9.47 Å². The maximum absolute atomic E-state index is 12.8. The van der Waals surface area contributed by atoms with E-state index in [0.29, 0.717) is 44.5 Å². The summed E-state index contributed by atoms with van der Waals surface area (Å²) in [4.78, 5) is 26.7. The molecule has 0 aliphatic carbocycles. The van der Waals surface area contributed by atoms with E-state index in [1.54, 1.807) is 43.5 Å². The quantitative estimate of drug-likeness (QED) is 0.450. The van der Waals surface area contributed by atoms with E-state index >= 15 is 0 Å². The van der Waals surface area contributed by atoms with Gasteiger partial charge in [-0.2, -0.15) is 0 Å². The van der Waals surface area contributed by atoms with Crippen molar-refractivity contribution < 1.29 is 19.1 Å². The molecule has 0 radical (unpaired) electrons. The monoisotopic (exact) mass is 465 g/mol. The summed E-state index contributed by atoms with van der Waals surface area (Å²) < 4.78 is 11.2. The molecule has 1 aliphatic rings. The summed E-state index contributed by atoms with van der Waals surface area (Å²) >= 11 is 13.0. The Balaban J connectivity index is 1.79. The molecule has 5 nitrogen and oxygen atoms in total. The average molecular weight is 466 g/mol. The second-order valence-electron chi connectivity index (χ2n) is 7.12. The van der Waals surface area contributed by atoms with Crippen LogP contribution in [0.5, 0.6) is 11.5 Å². The number of amides is 2. The lowest BCUT2D eigenvalue weighted by atomic mass is 10.1. The summed E-state index contributed by atoms with van der Waals surface area (Å²) in [5.41, 5.74) is 1.39. The number of benzene rings is 2. The predicted molar refractivity (Wildman–Crippen MR) is 121 cm³/mol. The molecule has 1 saturated heterocycles. The van der Waals surface area contributed by atoms with Crippen LogP contribution in [0.25, 0.3) is 6.08 Å². The van der Waals surface area contributed by atoms with E-state index < -0.39 is 0 Å². The zero-order chi connectivity index (χ0) is 21.8. The van der Waals surface area contributed by atoms with Crippen LogP contribution in [0.3, 0.4) is 0 Å². The van der Waals surface area contributed by atoms with Crippen LogP contribution in [0.15, 0.2) is 41.3 Å². The summed E-state index contributed by atoms with van der Waals surface area (Å²) in [5.74, 6) is 1.22. The molecule has 158 valence electrons. The Morgan fingerprint density at radius 1 is 1.10 bits per heavy atom. The molecule has 1 fully saturated rings. The minimum Gasteiger partial charge on any atom is -0.493 e. The lowest BCUT2D eigenvalue weighted by Crippen LogP contribution is -2.27. The Morgan fingerprint density at radius 2 is 1.87 bits per heavy atom. The second-order valence-corrected chi connectivity index (χ2v) is 8.96. The minimum atomic E-state index is -0.366. The van der Waals surface area contributed by atoms with Crippen molar-refractivity contribution in [1.82, 2.24) is 4.90 Å². The lowest BCUT2D eigenvalue weighted by molar-refractivity contribution is -0.123. The number of methoxy groups -OCH3 is 1. The largest absolute Gasteiger partial charge is 0.493 e. The van der Waals surface area contributed by atoms with Gasteiger partial charge in [0.15, 0.2) is 11.5 Å². The number of carbonyl (C=O) groups is 2. The van der Waals surface area contributed by atoms with Crippen molar-refractivity contribution >= 4 is 52.2 Å².